The predicted molar refractivity (Wildman–Crippen MR) is 94.3 cm³/mol. The number of aryl methyl sites for hydroxylation is 1. The molecule has 1 aromatic heterocycles. The average Bonchev–Trinajstić information content (AvgIpc) is 3.06. The number of hydrogen-bond acceptors (Lipinski definition) is 4. The van der Waals surface area contributed by atoms with Crippen LogP contribution >= 0.6 is 22.9 Å². The van der Waals surface area contributed by atoms with Gasteiger partial charge in [-0.1, -0.05) is 23.7 Å². The summed E-state index contributed by atoms with van der Waals surface area (Å²) in [5, 5.41) is 9.92. The van der Waals surface area contributed by atoms with E-state index in [-0.39, 0.29) is 5.91 Å². The lowest BCUT2D eigenvalue weighted by Crippen LogP contribution is -2.27. The Kier molecular flexibility index (Phi) is 5.30. The molecule has 1 aliphatic rings. The summed E-state index contributed by atoms with van der Waals surface area (Å²) in [4.78, 5) is 16.8. The van der Waals surface area contributed by atoms with Crippen molar-refractivity contribution in [3.63, 3.8) is 0 Å². The predicted octanol–water partition coefficient (Wildman–Crippen LogP) is 3.50. The number of hydrogen-bond donors (Lipinski definition) is 2. The highest BCUT2D eigenvalue weighted by Gasteiger charge is 2.20. The number of piperidine rings is 1. The van der Waals surface area contributed by atoms with Crippen LogP contribution in [0.25, 0.3) is 0 Å². The first kappa shape index (κ1) is 16.4. The molecule has 122 valence electrons. The maximum atomic E-state index is 12.3. The Labute approximate surface area is 145 Å². The van der Waals surface area contributed by atoms with Crippen molar-refractivity contribution in [2.45, 2.75) is 32.2 Å². The number of nitrogens with zero attached hydrogens (tertiary/aromatic N) is 1. The Morgan fingerprint density at radius 1 is 1.43 bits per heavy atom. The summed E-state index contributed by atoms with van der Waals surface area (Å²) in [6.45, 7) is 4.47. The molecule has 0 radical (unpaired) electrons. The number of carbonyl (C=O) groups is 1. The van der Waals surface area contributed by atoms with Crippen molar-refractivity contribution in [3.05, 3.63) is 50.4 Å². The normalized spacial score (nSPS) is 15.6. The summed E-state index contributed by atoms with van der Waals surface area (Å²) < 4.78 is 0. The number of benzene rings is 1. The fraction of sp³-hybridized carbons (Fsp3) is 0.412. The molecule has 1 aliphatic heterocycles. The molecule has 6 heteroatoms. The minimum absolute atomic E-state index is 0.127. The zero-order chi connectivity index (χ0) is 16.2. The molecule has 0 spiro atoms. The summed E-state index contributed by atoms with van der Waals surface area (Å²) in [5.74, 6) is 0.358. The van der Waals surface area contributed by atoms with E-state index in [0.29, 0.717) is 18.2 Å². The number of carbonyl (C=O) groups excluding carboxylic acids is 1. The number of halogens is 1. The molecular weight excluding hydrogens is 330 g/mol. The van der Waals surface area contributed by atoms with Gasteiger partial charge >= 0.3 is 0 Å². The Balaban J connectivity index is 1.59. The van der Waals surface area contributed by atoms with Crippen molar-refractivity contribution in [1.82, 2.24) is 15.6 Å². The highest BCUT2D eigenvalue weighted by atomic mass is 35.5. The topological polar surface area (TPSA) is 54.0 Å². The van der Waals surface area contributed by atoms with Gasteiger partial charge in [0.2, 0.25) is 0 Å². The van der Waals surface area contributed by atoms with Crippen molar-refractivity contribution >= 4 is 28.8 Å². The molecule has 2 N–H and O–H groups in total. The van der Waals surface area contributed by atoms with Crippen molar-refractivity contribution in [1.29, 1.82) is 0 Å². The van der Waals surface area contributed by atoms with Gasteiger partial charge in [-0.15, -0.1) is 11.3 Å². The van der Waals surface area contributed by atoms with Crippen molar-refractivity contribution < 1.29 is 4.79 Å². The third-order valence-electron chi connectivity index (χ3n) is 4.13. The zero-order valence-electron chi connectivity index (χ0n) is 13.1. The molecule has 1 fully saturated rings. The Bertz CT molecular complexity index is 695. The molecule has 2 aromatic rings. The maximum absolute atomic E-state index is 12.3. The van der Waals surface area contributed by atoms with E-state index >= 15 is 0 Å². The van der Waals surface area contributed by atoms with Gasteiger partial charge in [-0.3, -0.25) is 4.79 Å². The van der Waals surface area contributed by atoms with Gasteiger partial charge in [0.05, 0.1) is 5.01 Å². The first-order valence-corrected chi connectivity index (χ1v) is 9.08. The molecule has 1 aromatic carbocycles. The van der Waals surface area contributed by atoms with Crippen molar-refractivity contribution in [2.75, 3.05) is 13.1 Å². The molecule has 0 atom stereocenters. The van der Waals surface area contributed by atoms with E-state index in [1.807, 2.05) is 30.5 Å². The van der Waals surface area contributed by atoms with Crippen LogP contribution < -0.4 is 10.6 Å². The van der Waals surface area contributed by atoms with Gasteiger partial charge in [-0.05, 0) is 50.0 Å². The van der Waals surface area contributed by atoms with Crippen LogP contribution in [0.2, 0.25) is 5.02 Å². The minimum atomic E-state index is -0.127. The highest BCUT2D eigenvalue weighted by molar-refractivity contribution is 7.09. The minimum Gasteiger partial charge on any atom is -0.347 e. The van der Waals surface area contributed by atoms with Crippen LogP contribution in [0.15, 0.2) is 23.6 Å². The second-order valence-corrected chi connectivity index (χ2v) is 7.16. The van der Waals surface area contributed by atoms with Crippen LogP contribution in [0.3, 0.4) is 0 Å². The van der Waals surface area contributed by atoms with Crippen LogP contribution in [0.5, 0.6) is 0 Å². The van der Waals surface area contributed by atoms with E-state index < -0.39 is 0 Å². The summed E-state index contributed by atoms with van der Waals surface area (Å²) in [5.41, 5.74) is 2.54. The molecule has 3 rings (SSSR count). The number of aromatic nitrogens is 1. The average molecular weight is 350 g/mol. The lowest BCUT2D eigenvalue weighted by Gasteiger charge is -2.20. The smallest absolute Gasteiger partial charge is 0.271 e. The molecule has 23 heavy (non-hydrogen) atoms. The SMILES string of the molecule is Cc1ccc(CNC(=O)c2csc(C3CCNCC3)n2)cc1Cl. The molecule has 0 aliphatic carbocycles. The molecule has 2 heterocycles. The number of nitrogens with one attached hydrogen (secondary N) is 2. The molecule has 1 saturated heterocycles. The van der Waals surface area contributed by atoms with E-state index in [1.165, 1.54) is 0 Å². The quantitative estimate of drug-likeness (QED) is 0.888. The molecule has 4 nitrogen and oxygen atoms in total. The summed E-state index contributed by atoms with van der Waals surface area (Å²) in [6.07, 6.45) is 2.19. The number of amides is 1. The van der Waals surface area contributed by atoms with E-state index in [1.54, 1.807) is 11.3 Å². The number of thiazole rings is 1. The van der Waals surface area contributed by atoms with E-state index in [2.05, 4.69) is 15.6 Å². The van der Waals surface area contributed by atoms with Gasteiger partial charge in [0.1, 0.15) is 5.69 Å². The fourth-order valence-electron chi connectivity index (χ4n) is 2.67. The third-order valence-corrected chi connectivity index (χ3v) is 5.55. The third kappa shape index (κ3) is 4.10. The second kappa shape index (κ2) is 7.43. The summed E-state index contributed by atoms with van der Waals surface area (Å²) >= 11 is 7.70. The van der Waals surface area contributed by atoms with Gasteiger partial charge in [0.25, 0.3) is 5.91 Å². The summed E-state index contributed by atoms with van der Waals surface area (Å²) in [7, 11) is 0. The molecule has 0 bridgehead atoms. The largest absolute Gasteiger partial charge is 0.347 e. The highest BCUT2D eigenvalue weighted by Crippen LogP contribution is 2.27. The van der Waals surface area contributed by atoms with Crippen molar-refractivity contribution in [2.24, 2.45) is 0 Å². The molecule has 0 unspecified atom stereocenters. The van der Waals surface area contributed by atoms with Gasteiger partial charge in [0.15, 0.2) is 0 Å². The van der Waals surface area contributed by atoms with Crippen LogP contribution in [0, 0.1) is 6.92 Å². The Morgan fingerprint density at radius 2 is 2.22 bits per heavy atom. The van der Waals surface area contributed by atoms with Gasteiger partial charge in [-0.25, -0.2) is 4.98 Å². The molecule has 1 amide bonds. The van der Waals surface area contributed by atoms with Crippen LogP contribution in [0.4, 0.5) is 0 Å². The zero-order valence-corrected chi connectivity index (χ0v) is 14.6. The molecular formula is C17H20ClN3OS. The Hall–Kier alpha value is -1.43. The lowest BCUT2D eigenvalue weighted by atomic mass is 9.99. The van der Waals surface area contributed by atoms with Gasteiger partial charge in [-0.2, -0.15) is 0 Å². The van der Waals surface area contributed by atoms with Crippen LogP contribution in [-0.2, 0) is 6.54 Å². The van der Waals surface area contributed by atoms with E-state index in [4.69, 9.17) is 11.6 Å². The van der Waals surface area contributed by atoms with Crippen LogP contribution in [-0.4, -0.2) is 24.0 Å². The lowest BCUT2D eigenvalue weighted by molar-refractivity contribution is 0.0946. The summed E-state index contributed by atoms with van der Waals surface area (Å²) in [6, 6.07) is 5.82. The van der Waals surface area contributed by atoms with Crippen LogP contribution in [0.1, 0.15) is 45.4 Å². The van der Waals surface area contributed by atoms with E-state index in [9.17, 15) is 4.79 Å². The monoisotopic (exact) mass is 349 g/mol. The standard InChI is InChI=1S/C17H20ClN3OS/c1-11-2-3-12(8-14(11)18)9-20-16(22)15-10-23-17(21-15)13-4-6-19-7-5-13/h2-3,8,10,13,19H,4-7,9H2,1H3,(H,20,22). The Morgan fingerprint density at radius 3 is 2.96 bits per heavy atom. The first-order chi connectivity index (χ1) is 11.1. The van der Waals surface area contributed by atoms with Gasteiger partial charge < -0.3 is 10.6 Å². The molecule has 0 saturated carbocycles. The maximum Gasteiger partial charge on any atom is 0.271 e. The second-order valence-electron chi connectivity index (χ2n) is 5.86. The van der Waals surface area contributed by atoms with Crippen molar-refractivity contribution in [3.8, 4) is 0 Å². The fourth-order valence-corrected chi connectivity index (χ4v) is 3.84. The number of rotatable bonds is 4. The first-order valence-electron chi connectivity index (χ1n) is 7.83. The van der Waals surface area contributed by atoms with Gasteiger partial charge in [0, 0.05) is 22.9 Å². The van der Waals surface area contributed by atoms with E-state index in [0.717, 1.165) is 47.1 Å².